The van der Waals surface area contributed by atoms with Crippen LogP contribution in [0, 0.1) is 5.92 Å². The van der Waals surface area contributed by atoms with Crippen LogP contribution >= 0.6 is 0 Å². The molecule has 0 bridgehead atoms. The summed E-state index contributed by atoms with van der Waals surface area (Å²) in [5.41, 5.74) is 3.99. The van der Waals surface area contributed by atoms with E-state index in [0.717, 1.165) is 119 Å². The first kappa shape index (κ1) is 23.4. The lowest BCUT2D eigenvalue weighted by atomic mass is 9.84. The van der Waals surface area contributed by atoms with Crippen LogP contribution in [0.2, 0.25) is 0 Å². The van der Waals surface area contributed by atoms with Crippen molar-refractivity contribution in [2.24, 2.45) is 5.92 Å². The molecule has 1 aromatic carbocycles. The maximum atomic E-state index is 6.59. The van der Waals surface area contributed by atoms with Crippen LogP contribution in [-0.2, 0) is 15.9 Å². The molecule has 9 nitrogen and oxygen atoms in total. The summed E-state index contributed by atoms with van der Waals surface area (Å²) >= 11 is 0. The van der Waals surface area contributed by atoms with Crippen molar-refractivity contribution < 1.29 is 14.2 Å². The lowest BCUT2D eigenvalue weighted by Crippen LogP contribution is -2.37. The second-order valence-electron chi connectivity index (χ2n) is 9.88. The topological polar surface area (TPSA) is 85.7 Å². The van der Waals surface area contributed by atoms with E-state index < -0.39 is 0 Å². The van der Waals surface area contributed by atoms with Gasteiger partial charge in [0.2, 0.25) is 5.95 Å². The zero-order chi connectivity index (χ0) is 24.2. The molecule has 3 fully saturated rings. The van der Waals surface area contributed by atoms with Gasteiger partial charge in [0, 0.05) is 62.2 Å². The highest BCUT2D eigenvalue weighted by atomic mass is 16.5. The van der Waals surface area contributed by atoms with Crippen LogP contribution in [-0.4, -0.2) is 78.6 Å². The average Bonchev–Trinajstić information content (AvgIpc) is 2.95. The molecule has 36 heavy (non-hydrogen) atoms. The number of fused-ring (bicyclic) bond motifs is 1. The smallest absolute Gasteiger partial charge is 0.225 e. The molecular weight excluding hydrogens is 456 g/mol. The maximum Gasteiger partial charge on any atom is 0.225 e. The fraction of sp³-hybridized carbons (Fsp3) is 0.556. The van der Waals surface area contributed by atoms with Crippen LogP contribution < -0.4 is 14.5 Å². The number of benzene rings is 1. The minimum atomic E-state index is 0.195. The predicted molar refractivity (Wildman–Crippen MR) is 138 cm³/mol. The van der Waals surface area contributed by atoms with Crippen molar-refractivity contribution in [1.29, 1.82) is 0 Å². The van der Waals surface area contributed by atoms with Gasteiger partial charge in [-0.3, -0.25) is 4.98 Å². The average molecular weight is 491 g/mol. The van der Waals surface area contributed by atoms with E-state index in [4.69, 9.17) is 19.2 Å². The van der Waals surface area contributed by atoms with Crippen molar-refractivity contribution in [3.63, 3.8) is 0 Å². The first-order valence-electron chi connectivity index (χ1n) is 13.2. The normalized spacial score (nSPS) is 23.1. The van der Waals surface area contributed by atoms with Gasteiger partial charge in [-0.25, -0.2) is 15.0 Å². The molecule has 2 aliphatic heterocycles. The maximum absolute atomic E-state index is 6.59. The van der Waals surface area contributed by atoms with Gasteiger partial charge in [-0.05, 0) is 50.2 Å². The van der Waals surface area contributed by atoms with Crippen molar-refractivity contribution >= 4 is 22.7 Å². The summed E-state index contributed by atoms with van der Waals surface area (Å²) in [4.78, 5) is 23.1. The molecule has 0 amide bonds. The highest BCUT2D eigenvalue weighted by Crippen LogP contribution is 2.34. The zero-order valence-electron chi connectivity index (χ0n) is 20.7. The lowest BCUT2D eigenvalue weighted by Gasteiger charge is -2.31. The Balaban J connectivity index is 1.10. The SMILES string of the molecule is c1cc(CC2CCC(Oc3cc(N4CCOCC4)cc4nccnc34)CC2)nc(N2CCOCC2)n1. The molecule has 3 aromatic rings. The first-order chi connectivity index (χ1) is 17.8. The fourth-order valence-corrected chi connectivity index (χ4v) is 5.47. The van der Waals surface area contributed by atoms with E-state index in [1.165, 1.54) is 0 Å². The third-order valence-corrected chi connectivity index (χ3v) is 7.48. The molecule has 9 heteroatoms. The number of hydrogen-bond donors (Lipinski definition) is 0. The van der Waals surface area contributed by atoms with Crippen LogP contribution in [0.15, 0.2) is 36.8 Å². The van der Waals surface area contributed by atoms with Crippen LogP contribution in [0.1, 0.15) is 31.4 Å². The number of anilines is 2. The predicted octanol–water partition coefficient (Wildman–Crippen LogP) is 3.27. The molecule has 6 rings (SSSR count). The summed E-state index contributed by atoms with van der Waals surface area (Å²) in [5, 5.41) is 0. The summed E-state index contributed by atoms with van der Waals surface area (Å²) in [6, 6.07) is 6.32. The molecule has 0 atom stereocenters. The van der Waals surface area contributed by atoms with Crippen LogP contribution in [0.5, 0.6) is 5.75 Å². The van der Waals surface area contributed by atoms with Crippen molar-refractivity contribution in [3.8, 4) is 5.75 Å². The summed E-state index contributed by atoms with van der Waals surface area (Å²) in [7, 11) is 0. The first-order valence-corrected chi connectivity index (χ1v) is 13.2. The Bertz CT molecular complexity index is 1160. The number of ether oxygens (including phenoxy) is 3. The number of hydrogen-bond acceptors (Lipinski definition) is 9. The highest BCUT2D eigenvalue weighted by molar-refractivity contribution is 5.85. The van der Waals surface area contributed by atoms with E-state index in [2.05, 4.69) is 43.0 Å². The Hall–Kier alpha value is -3.04. The molecule has 0 radical (unpaired) electrons. The van der Waals surface area contributed by atoms with Crippen LogP contribution in [0.3, 0.4) is 0 Å². The Kier molecular flexibility index (Phi) is 7.09. The van der Waals surface area contributed by atoms with E-state index in [1.54, 1.807) is 12.4 Å². The van der Waals surface area contributed by atoms with Crippen molar-refractivity contribution in [2.45, 2.75) is 38.2 Å². The summed E-state index contributed by atoms with van der Waals surface area (Å²) < 4.78 is 17.6. The molecule has 2 saturated heterocycles. The number of nitrogens with zero attached hydrogens (tertiary/aromatic N) is 6. The zero-order valence-corrected chi connectivity index (χ0v) is 20.7. The van der Waals surface area contributed by atoms with Gasteiger partial charge in [-0.15, -0.1) is 0 Å². The van der Waals surface area contributed by atoms with Gasteiger partial charge in [0.15, 0.2) is 0 Å². The Morgan fingerprint density at radius 1 is 0.806 bits per heavy atom. The molecule has 2 aromatic heterocycles. The molecule has 190 valence electrons. The Labute approximate surface area is 211 Å². The van der Waals surface area contributed by atoms with Gasteiger partial charge >= 0.3 is 0 Å². The Morgan fingerprint density at radius 2 is 1.53 bits per heavy atom. The Morgan fingerprint density at radius 3 is 2.31 bits per heavy atom. The molecule has 4 heterocycles. The second kappa shape index (κ2) is 10.9. The van der Waals surface area contributed by atoms with Crippen molar-refractivity contribution in [3.05, 3.63) is 42.5 Å². The van der Waals surface area contributed by atoms with E-state index in [-0.39, 0.29) is 6.10 Å². The van der Waals surface area contributed by atoms with Crippen molar-refractivity contribution in [2.75, 3.05) is 62.4 Å². The summed E-state index contributed by atoms with van der Waals surface area (Å²) in [6.07, 6.45) is 10.9. The third kappa shape index (κ3) is 5.37. The molecular formula is C27H34N6O3. The van der Waals surface area contributed by atoms with Gasteiger partial charge < -0.3 is 24.0 Å². The summed E-state index contributed by atoms with van der Waals surface area (Å²) in [6.45, 7) is 6.47. The van der Waals surface area contributed by atoms with Crippen molar-refractivity contribution in [1.82, 2.24) is 19.9 Å². The number of aromatic nitrogens is 4. The van der Waals surface area contributed by atoms with E-state index in [0.29, 0.717) is 5.92 Å². The molecule has 1 saturated carbocycles. The third-order valence-electron chi connectivity index (χ3n) is 7.48. The standard InChI is InChI=1S/C27H34N6O3/c1-3-23(4-2-20(1)17-21-5-6-30-27(31-21)33-11-15-35-16-12-33)36-25-19-22(32-9-13-34-14-10-32)18-24-26(25)29-8-7-28-24/h5-8,18-20,23H,1-4,9-17H2. The highest BCUT2D eigenvalue weighted by Gasteiger charge is 2.25. The van der Waals surface area contributed by atoms with Gasteiger partial charge in [-0.1, -0.05) is 0 Å². The number of rotatable bonds is 6. The largest absolute Gasteiger partial charge is 0.488 e. The molecule has 3 aliphatic rings. The number of morpholine rings is 2. The molecule has 0 unspecified atom stereocenters. The van der Waals surface area contributed by atoms with Gasteiger partial charge in [0.1, 0.15) is 11.3 Å². The van der Waals surface area contributed by atoms with E-state index >= 15 is 0 Å². The van der Waals surface area contributed by atoms with E-state index in [9.17, 15) is 0 Å². The lowest BCUT2D eigenvalue weighted by molar-refractivity contribution is 0.122. The van der Waals surface area contributed by atoms with Crippen LogP contribution in [0.4, 0.5) is 11.6 Å². The van der Waals surface area contributed by atoms with Gasteiger partial charge in [0.25, 0.3) is 0 Å². The minimum Gasteiger partial charge on any atom is -0.488 e. The quantitative estimate of drug-likeness (QED) is 0.517. The van der Waals surface area contributed by atoms with Gasteiger partial charge in [-0.2, -0.15) is 0 Å². The molecule has 0 spiro atoms. The summed E-state index contributed by atoms with van der Waals surface area (Å²) in [5.74, 6) is 2.30. The monoisotopic (exact) mass is 490 g/mol. The minimum absolute atomic E-state index is 0.195. The van der Waals surface area contributed by atoms with E-state index in [1.807, 2.05) is 6.20 Å². The van der Waals surface area contributed by atoms with Gasteiger partial charge in [0.05, 0.1) is 38.0 Å². The fourth-order valence-electron chi connectivity index (χ4n) is 5.47. The second-order valence-corrected chi connectivity index (χ2v) is 9.88. The van der Waals surface area contributed by atoms with Crippen LogP contribution in [0.25, 0.3) is 11.0 Å². The molecule has 0 N–H and O–H groups in total. The molecule has 1 aliphatic carbocycles.